The number of amides is 1. The number of carbonyl (C=O) groups is 1. The Morgan fingerprint density at radius 1 is 1.38 bits per heavy atom. The molecule has 0 aliphatic heterocycles. The summed E-state index contributed by atoms with van der Waals surface area (Å²) in [5.41, 5.74) is 6.38. The normalized spacial score (nSPS) is 12.2. The van der Waals surface area contributed by atoms with E-state index in [9.17, 15) is 4.79 Å². The van der Waals surface area contributed by atoms with Crippen LogP contribution in [0.25, 0.3) is 0 Å². The van der Waals surface area contributed by atoms with Crippen LogP contribution in [0.1, 0.15) is 12.8 Å². The zero-order chi connectivity index (χ0) is 15.8. The minimum atomic E-state index is -0.712. The van der Waals surface area contributed by atoms with Crippen LogP contribution in [0.15, 0.2) is 12.1 Å². The van der Waals surface area contributed by atoms with Gasteiger partial charge in [-0.1, -0.05) is 23.2 Å². The molecule has 0 radical (unpaired) electrons. The van der Waals surface area contributed by atoms with Gasteiger partial charge in [-0.05, 0) is 24.3 Å². The highest BCUT2D eigenvalue weighted by molar-refractivity contribution is 7.99. The van der Waals surface area contributed by atoms with Crippen molar-refractivity contribution in [2.45, 2.75) is 18.9 Å². The van der Waals surface area contributed by atoms with E-state index in [-0.39, 0.29) is 12.5 Å². The number of anilines is 2. The Balaban J connectivity index is 2.35. The third-order valence-electron chi connectivity index (χ3n) is 2.54. The van der Waals surface area contributed by atoms with Crippen molar-refractivity contribution in [2.24, 2.45) is 0 Å². The number of benzene rings is 1. The summed E-state index contributed by atoms with van der Waals surface area (Å²) in [6.45, 7) is -0.248. The van der Waals surface area contributed by atoms with Crippen LogP contribution in [0.5, 0.6) is 0 Å². The monoisotopic (exact) mass is 352 g/mol. The molecular weight excluding hydrogens is 335 g/mol. The summed E-state index contributed by atoms with van der Waals surface area (Å²) in [6.07, 6.45) is 0.259. The highest BCUT2D eigenvalue weighted by Crippen LogP contribution is 2.32. The van der Waals surface area contributed by atoms with Crippen LogP contribution in [0.4, 0.5) is 11.4 Å². The predicted octanol–water partition coefficient (Wildman–Crippen LogP) is 2.38. The molecule has 0 saturated heterocycles. The highest BCUT2D eigenvalue weighted by atomic mass is 35.5. The van der Waals surface area contributed by atoms with E-state index in [1.165, 1.54) is 23.9 Å². The predicted molar refractivity (Wildman–Crippen MR) is 89.2 cm³/mol. The van der Waals surface area contributed by atoms with Crippen molar-refractivity contribution < 1.29 is 15.0 Å². The van der Waals surface area contributed by atoms with E-state index in [0.29, 0.717) is 45.8 Å². The van der Waals surface area contributed by atoms with E-state index >= 15 is 0 Å². The average molecular weight is 353 g/mol. The van der Waals surface area contributed by atoms with Crippen LogP contribution in [-0.2, 0) is 4.79 Å². The number of nitrogens with two attached hydrogens (primary N) is 1. The number of nitrogens with one attached hydrogen (secondary N) is 1. The molecule has 1 amide bonds. The number of hydrogen-bond acceptors (Lipinski definition) is 5. The molecule has 5 nitrogen and oxygen atoms in total. The van der Waals surface area contributed by atoms with Gasteiger partial charge in [0.15, 0.2) is 0 Å². The lowest BCUT2D eigenvalue weighted by Gasteiger charge is -2.10. The first-order chi connectivity index (χ1) is 9.93. The summed E-state index contributed by atoms with van der Waals surface area (Å²) < 4.78 is 0. The molecule has 0 aromatic heterocycles. The van der Waals surface area contributed by atoms with Crippen LogP contribution < -0.4 is 11.1 Å². The second kappa shape index (κ2) is 9.38. The molecule has 0 bridgehead atoms. The van der Waals surface area contributed by atoms with Gasteiger partial charge in [0.25, 0.3) is 0 Å². The fourth-order valence-corrected chi connectivity index (χ4v) is 3.01. The van der Waals surface area contributed by atoms with E-state index in [1.54, 1.807) is 0 Å². The largest absolute Gasteiger partial charge is 0.399 e. The van der Waals surface area contributed by atoms with Crippen molar-refractivity contribution in [3.63, 3.8) is 0 Å². The van der Waals surface area contributed by atoms with Crippen molar-refractivity contribution >= 4 is 52.2 Å². The summed E-state index contributed by atoms with van der Waals surface area (Å²) in [7, 11) is 0. The van der Waals surface area contributed by atoms with E-state index in [1.807, 2.05) is 0 Å². The molecule has 0 aliphatic carbocycles. The van der Waals surface area contributed by atoms with E-state index in [0.717, 1.165) is 0 Å². The van der Waals surface area contributed by atoms with E-state index in [2.05, 4.69) is 5.32 Å². The Hall–Kier alpha value is -0.660. The molecule has 1 rings (SSSR count). The number of rotatable bonds is 8. The molecule has 0 heterocycles. The maximum atomic E-state index is 11.8. The van der Waals surface area contributed by atoms with Gasteiger partial charge in [-0.15, -0.1) is 0 Å². The van der Waals surface area contributed by atoms with Crippen molar-refractivity contribution in [3.05, 3.63) is 22.2 Å². The summed E-state index contributed by atoms with van der Waals surface area (Å²) >= 11 is 13.4. The molecular formula is C13H18Cl2N2O3S. The Labute approximate surface area is 137 Å². The summed E-state index contributed by atoms with van der Waals surface area (Å²) in [5, 5.41) is 21.1. The Morgan fingerprint density at radius 3 is 2.57 bits per heavy atom. The molecule has 0 spiro atoms. The van der Waals surface area contributed by atoms with Crippen molar-refractivity contribution in [1.82, 2.24) is 0 Å². The molecule has 21 heavy (non-hydrogen) atoms. The minimum absolute atomic E-state index is 0.188. The molecule has 0 fully saturated rings. The van der Waals surface area contributed by atoms with Gasteiger partial charge in [-0.25, -0.2) is 0 Å². The molecule has 1 unspecified atom stereocenters. The lowest BCUT2D eigenvalue weighted by Crippen LogP contribution is -2.15. The zero-order valence-electron chi connectivity index (χ0n) is 11.3. The number of nitrogen functional groups attached to an aromatic ring is 1. The quantitative estimate of drug-likeness (QED) is 0.425. The third-order valence-corrected chi connectivity index (χ3v) is 4.34. The van der Waals surface area contributed by atoms with Gasteiger partial charge in [0.1, 0.15) is 0 Å². The summed E-state index contributed by atoms with van der Waals surface area (Å²) in [6, 6.07) is 3.05. The Morgan fingerprint density at radius 2 is 2.00 bits per heavy atom. The van der Waals surface area contributed by atoms with Gasteiger partial charge in [0.05, 0.1) is 28.4 Å². The fourth-order valence-electron chi connectivity index (χ4n) is 1.52. The first kappa shape index (κ1) is 18.4. The maximum absolute atomic E-state index is 11.8. The Kier molecular flexibility index (Phi) is 8.21. The van der Waals surface area contributed by atoms with Gasteiger partial charge in [0.2, 0.25) is 5.91 Å². The molecule has 118 valence electrons. The smallest absolute Gasteiger partial charge is 0.224 e. The summed E-state index contributed by atoms with van der Waals surface area (Å²) in [4.78, 5) is 11.8. The van der Waals surface area contributed by atoms with Crippen LogP contribution in [0.2, 0.25) is 10.0 Å². The van der Waals surface area contributed by atoms with Gasteiger partial charge in [0, 0.05) is 17.9 Å². The lowest BCUT2D eigenvalue weighted by molar-refractivity contribution is -0.116. The number of halogens is 2. The first-order valence-electron chi connectivity index (χ1n) is 6.35. The molecule has 1 aromatic carbocycles. The molecule has 1 aromatic rings. The van der Waals surface area contributed by atoms with Crippen LogP contribution >= 0.6 is 35.0 Å². The SMILES string of the molecule is Nc1cc(Cl)c(NC(=O)CCCSCC(O)CO)c(Cl)c1. The number of hydrogen-bond donors (Lipinski definition) is 4. The third kappa shape index (κ3) is 6.76. The van der Waals surface area contributed by atoms with E-state index < -0.39 is 6.10 Å². The van der Waals surface area contributed by atoms with Crippen LogP contribution in [0, 0.1) is 0 Å². The van der Waals surface area contributed by atoms with Crippen molar-refractivity contribution in [2.75, 3.05) is 29.2 Å². The van der Waals surface area contributed by atoms with Crippen molar-refractivity contribution in [3.8, 4) is 0 Å². The average Bonchev–Trinajstić information content (AvgIpc) is 2.42. The number of carbonyl (C=O) groups excluding carboxylic acids is 1. The molecule has 8 heteroatoms. The second-order valence-corrected chi connectivity index (χ2v) is 6.39. The van der Waals surface area contributed by atoms with Gasteiger partial charge >= 0.3 is 0 Å². The second-order valence-electron chi connectivity index (χ2n) is 4.42. The lowest BCUT2D eigenvalue weighted by atomic mass is 10.2. The van der Waals surface area contributed by atoms with Gasteiger partial charge in [-0.3, -0.25) is 4.79 Å². The van der Waals surface area contributed by atoms with Crippen LogP contribution in [0.3, 0.4) is 0 Å². The standard InChI is InChI=1S/C13H18Cl2N2O3S/c14-10-4-8(16)5-11(15)13(10)17-12(20)2-1-3-21-7-9(19)6-18/h4-5,9,18-19H,1-3,6-7,16H2,(H,17,20). The highest BCUT2D eigenvalue weighted by Gasteiger charge is 2.11. The number of aliphatic hydroxyl groups is 2. The minimum Gasteiger partial charge on any atom is -0.399 e. The molecule has 5 N–H and O–H groups in total. The summed E-state index contributed by atoms with van der Waals surface area (Å²) in [5.74, 6) is 0.980. The number of aliphatic hydroxyl groups excluding tert-OH is 2. The van der Waals surface area contributed by atoms with Crippen molar-refractivity contribution in [1.29, 1.82) is 0 Å². The van der Waals surface area contributed by atoms with Gasteiger partial charge < -0.3 is 21.3 Å². The molecule has 0 aliphatic rings. The maximum Gasteiger partial charge on any atom is 0.224 e. The first-order valence-corrected chi connectivity index (χ1v) is 8.26. The Bertz CT molecular complexity index is 465. The fraction of sp³-hybridized carbons (Fsp3) is 0.462. The van der Waals surface area contributed by atoms with Crippen LogP contribution in [-0.4, -0.2) is 40.3 Å². The molecule has 0 saturated carbocycles. The van der Waals surface area contributed by atoms with Gasteiger partial charge in [-0.2, -0.15) is 11.8 Å². The van der Waals surface area contributed by atoms with E-state index in [4.69, 9.17) is 39.1 Å². The topological polar surface area (TPSA) is 95.6 Å². The number of thioether (sulfide) groups is 1. The molecule has 1 atom stereocenters. The zero-order valence-corrected chi connectivity index (χ0v) is 13.6.